The van der Waals surface area contributed by atoms with Crippen molar-refractivity contribution in [2.45, 2.75) is 6.92 Å². The largest absolute Gasteiger partial charge is 0.363 e. The second-order valence-electron chi connectivity index (χ2n) is 2.29. The summed E-state index contributed by atoms with van der Waals surface area (Å²) in [6.45, 7) is 2.69. The average Bonchev–Trinajstić information content (AvgIpc) is 1.59. The van der Waals surface area contributed by atoms with Crippen LogP contribution in [0.2, 0.25) is 0 Å². The van der Waals surface area contributed by atoms with E-state index in [4.69, 9.17) is 5.84 Å². The zero-order valence-corrected chi connectivity index (χ0v) is 5.76. The van der Waals surface area contributed by atoms with Crippen molar-refractivity contribution in [3.63, 3.8) is 0 Å². The second-order valence-corrected chi connectivity index (χ2v) is 2.29. The van der Waals surface area contributed by atoms with Crippen LogP contribution in [0.15, 0.2) is 11.9 Å². The predicted octanol–water partition coefficient (Wildman–Crippen LogP) is -0.569. The van der Waals surface area contributed by atoms with Gasteiger partial charge in [0.05, 0.1) is 0 Å². The van der Waals surface area contributed by atoms with Gasteiger partial charge in [-0.1, -0.05) is 0 Å². The Labute approximate surface area is 54.9 Å². The van der Waals surface area contributed by atoms with Gasteiger partial charge in [-0.3, -0.25) is 0 Å². The lowest BCUT2D eigenvalue weighted by molar-refractivity contribution is 0.124. The number of hydrazine groups is 2. The summed E-state index contributed by atoms with van der Waals surface area (Å²) in [5.74, 6) is 5.46. The summed E-state index contributed by atoms with van der Waals surface area (Å²) >= 11 is 0. The van der Waals surface area contributed by atoms with Crippen LogP contribution in [-0.4, -0.2) is 23.7 Å². The molecular formula is C5H12N4. The minimum absolute atomic E-state index is 0.720. The predicted molar refractivity (Wildman–Crippen MR) is 35.5 cm³/mol. The van der Waals surface area contributed by atoms with Gasteiger partial charge in [-0.25, -0.2) is 5.84 Å². The lowest BCUT2D eigenvalue weighted by atomic mass is 10.5. The number of nitrogens with zero attached hydrogens (tertiary/aromatic N) is 2. The molecule has 0 aromatic heterocycles. The molecule has 52 valence electrons. The Morgan fingerprint density at radius 2 is 2.44 bits per heavy atom. The second kappa shape index (κ2) is 2.24. The number of nitrogens with two attached hydrogens (primary N) is 1. The minimum Gasteiger partial charge on any atom is -0.363 e. The highest BCUT2D eigenvalue weighted by atomic mass is 15.7. The quantitative estimate of drug-likeness (QED) is 0.429. The van der Waals surface area contributed by atoms with Crippen LogP contribution in [0, 0.1) is 0 Å². The Morgan fingerprint density at radius 1 is 1.78 bits per heavy atom. The molecule has 4 heteroatoms. The van der Waals surface area contributed by atoms with Gasteiger partial charge < -0.3 is 10.3 Å². The molecule has 0 unspecified atom stereocenters. The molecule has 0 saturated heterocycles. The van der Waals surface area contributed by atoms with Crippen molar-refractivity contribution in [2.75, 3.05) is 13.7 Å². The molecule has 0 bridgehead atoms. The maximum atomic E-state index is 5.46. The molecule has 0 amide bonds. The summed E-state index contributed by atoms with van der Waals surface area (Å²) in [6, 6.07) is 0. The highest BCUT2D eigenvalue weighted by molar-refractivity contribution is 4.95. The summed E-state index contributed by atoms with van der Waals surface area (Å²) in [4.78, 5) is 2.01. The normalized spacial score (nSPS) is 21.2. The molecule has 1 heterocycles. The smallest absolute Gasteiger partial charge is 0.103 e. The van der Waals surface area contributed by atoms with Crippen LogP contribution < -0.4 is 11.3 Å². The van der Waals surface area contributed by atoms with Gasteiger partial charge in [0, 0.05) is 18.9 Å². The third-order valence-electron chi connectivity index (χ3n) is 1.11. The van der Waals surface area contributed by atoms with Crippen LogP contribution in [0.5, 0.6) is 0 Å². The van der Waals surface area contributed by atoms with E-state index in [0.29, 0.717) is 0 Å². The van der Waals surface area contributed by atoms with Crippen molar-refractivity contribution in [3.8, 4) is 0 Å². The molecule has 9 heavy (non-hydrogen) atoms. The van der Waals surface area contributed by atoms with E-state index in [-0.39, 0.29) is 0 Å². The lowest BCUT2D eigenvalue weighted by Gasteiger charge is -2.29. The van der Waals surface area contributed by atoms with Crippen LogP contribution in [0.1, 0.15) is 6.92 Å². The Balaban J connectivity index is 2.56. The Hall–Kier alpha value is -0.740. The van der Waals surface area contributed by atoms with Gasteiger partial charge in [0.15, 0.2) is 0 Å². The van der Waals surface area contributed by atoms with E-state index in [9.17, 15) is 0 Å². The first-order chi connectivity index (χ1) is 4.18. The van der Waals surface area contributed by atoms with Crippen molar-refractivity contribution in [1.29, 1.82) is 0 Å². The maximum Gasteiger partial charge on any atom is 0.103 e. The molecule has 0 radical (unpaired) electrons. The number of hydrogen-bond donors (Lipinski definition) is 2. The summed E-state index contributed by atoms with van der Waals surface area (Å²) < 4.78 is 0. The summed E-state index contributed by atoms with van der Waals surface area (Å²) in [5.41, 5.74) is 4.00. The standard InChI is InChI=1S/C5H12N4/c1-5-3-8(2)4-9(6)7-5/h3,7H,4,6H2,1-2H3. The third kappa shape index (κ3) is 1.58. The zero-order chi connectivity index (χ0) is 6.85. The van der Waals surface area contributed by atoms with Crippen molar-refractivity contribution >= 4 is 0 Å². The molecule has 1 aliphatic heterocycles. The lowest BCUT2D eigenvalue weighted by Crippen LogP contribution is -2.50. The van der Waals surface area contributed by atoms with Crippen LogP contribution in [0.3, 0.4) is 0 Å². The van der Waals surface area contributed by atoms with Gasteiger partial charge in [-0.05, 0) is 6.92 Å². The monoisotopic (exact) mass is 128 g/mol. The molecule has 4 nitrogen and oxygen atoms in total. The molecule has 1 aliphatic rings. The van der Waals surface area contributed by atoms with Crippen molar-refractivity contribution < 1.29 is 0 Å². The summed E-state index contributed by atoms with van der Waals surface area (Å²) in [5, 5.41) is 1.54. The Morgan fingerprint density at radius 3 is 2.89 bits per heavy atom. The highest BCUT2D eigenvalue weighted by Crippen LogP contribution is 1.97. The van der Waals surface area contributed by atoms with Crippen LogP contribution in [0.4, 0.5) is 0 Å². The number of hydrogen-bond acceptors (Lipinski definition) is 4. The summed E-state index contributed by atoms with van der Waals surface area (Å²) in [7, 11) is 1.98. The highest BCUT2D eigenvalue weighted by Gasteiger charge is 2.05. The molecule has 1 rings (SSSR count). The Kier molecular flexibility index (Phi) is 1.59. The van der Waals surface area contributed by atoms with E-state index >= 15 is 0 Å². The van der Waals surface area contributed by atoms with Crippen LogP contribution in [-0.2, 0) is 0 Å². The van der Waals surface area contributed by atoms with Gasteiger partial charge in [0.2, 0.25) is 0 Å². The minimum atomic E-state index is 0.720. The SMILES string of the molecule is CC1=CN(C)CN(N)N1. The fraction of sp³-hybridized carbons (Fsp3) is 0.600. The molecule has 3 N–H and O–H groups in total. The van der Waals surface area contributed by atoms with Gasteiger partial charge in [-0.2, -0.15) is 0 Å². The van der Waals surface area contributed by atoms with Gasteiger partial charge in [0.1, 0.15) is 6.67 Å². The molecule has 0 spiro atoms. The molecule has 0 fully saturated rings. The van der Waals surface area contributed by atoms with Gasteiger partial charge in [-0.15, -0.1) is 5.12 Å². The van der Waals surface area contributed by atoms with Crippen LogP contribution in [0.25, 0.3) is 0 Å². The topological polar surface area (TPSA) is 44.5 Å². The first-order valence-electron chi connectivity index (χ1n) is 2.86. The van der Waals surface area contributed by atoms with Crippen molar-refractivity contribution in [3.05, 3.63) is 11.9 Å². The summed E-state index contributed by atoms with van der Waals surface area (Å²) in [6.07, 6.45) is 2.00. The van der Waals surface area contributed by atoms with E-state index in [0.717, 1.165) is 12.4 Å². The van der Waals surface area contributed by atoms with E-state index in [1.54, 1.807) is 0 Å². The maximum absolute atomic E-state index is 5.46. The fourth-order valence-electron chi connectivity index (χ4n) is 0.902. The first kappa shape index (κ1) is 6.38. The molecular weight excluding hydrogens is 116 g/mol. The van der Waals surface area contributed by atoms with E-state index < -0.39 is 0 Å². The Bertz CT molecular complexity index is 131. The number of allylic oxidation sites excluding steroid dienone is 1. The van der Waals surface area contributed by atoms with E-state index in [1.807, 2.05) is 25.1 Å². The molecule has 0 saturated carbocycles. The number of nitrogens with one attached hydrogen (secondary N) is 1. The first-order valence-corrected chi connectivity index (χ1v) is 2.86. The third-order valence-corrected chi connectivity index (χ3v) is 1.11. The fourth-order valence-corrected chi connectivity index (χ4v) is 0.902. The van der Waals surface area contributed by atoms with Crippen molar-refractivity contribution in [1.82, 2.24) is 15.4 Å². The number of rotatable bonds is 0. The molecule has 0 atom stereocenters. The van der Waals surface area contributed by atoms with Crippen LogP contribution >= 0.6 is 0 Å². The molecule has 0 aliphatic carbocycles. The zero-order valence-electron chi connectivity index (χ0n) is 5.76. The van der Waals surface area contributed by atoms with Gasteiger partial charge >= 0.3 is 0 Å². The average molecular weight is 128 g/mol. The van der Waals surface area contributed by atoms with Crippen molar-refractivity contribution in [2.24, 2.45) is 5.84 Å². The molecule has 0 aromatic rings. The molecule has 0 aromatic carbocycles. The van der Waals surface area contributed by atoms with E-state index in [2.05, 4.69) is 5.43 Å². The van der Waals surface area contributed by atoms with E-state index in [1.165, 1.54) is 5.12 Å². The van der Waals surface area contributed by atoms with Gasteiger partial charge in [0.25, 0.3) is 0 Å².